The average molecular weight is 432 g/mol. The minimum absolute atomic E-state index is 0. The molecule has 2 aliphatic rings. The maximum atomic E-state index is 12.3. The lowest BCUT2D eigenvalue weighted by molar-refractivity contribution is -0.124. The molecule has 1 unspecified atom stereocenters. The predicted molar refractivity (Wildman–Crippen MR) is 118 cm³/mol. The number of nitrogens with zero attached hydrogens (tertiary/aromatic N) is 1. The van der Waals surface area contributed by atoms with Crippen molar-refractivity contribution in [3.05, 3.63) is 35.4 Å². The van der Waals surface area contributed by atoms with Crippen molar-refractivity contribution in [2.75, 3.05) is 26.3 Å². The van der Waals surface area contributed by atoms with Crippen molar-refractivity contribution in [1.82, 2.24) is 10.2 Å². The van der Waals surface area contributed by atoms with Gasteiger partial charge in [0.25, 0.3) is 0 Å². The molecule has 0 bridgehead atoms. The van der Waals surface area contributed by atoms with Crippen molar-refractivity contribution in [1.29, 1.82) is 0 Å². The third-order valence-corrected chi connectivity index (χ3v) is 5.85. The van der Waals surface area contributed by atoms with Crippen LogP contribution in [0.25, 0.3) is 0 Å². The maximum absolute atomic E-state index is 12.3. The van der Waals surface area contributed by atoms with Crippen molar-refractivity contribution in [2.24, 2.45) is 17.6 Å². The van der Waals surface area contributed by atoms with Gasteiger partial charge in [-0.2, -0.15) is 0 Å². The van der Waals surface area contributed by atoms with E-state index in [0.29, 0.717) is 19.8 Å². The van der Waals surface area contributed by atoms with Crippen LogP contribution in [0.15, 0.2) is 24.3 Å². The molecule has 28 heavy (non-hydrogen) atoms. The fourth-order valence-electron chi connectivity index (χ4n) is 3.84. The summed E-state index contributed by atoms with van der Waals surface area (Å²) in [5, 5.41) is 2.99. The van der Waals surface area contributed by atoms with Gasteiger partial charge in [0, 0.05) is 26.3 Å². The lowest BCUT2D eigenvalue weighted by Gasteiger charge is -2.30. The first-order valence-electron chi connectivity index (χ1n) is 10.0. The molecular weight excluding hydrogens is 397 g/mol. The van der Waals surface area contributed by atoms with Crippen LogP contribution in [0.3, 0.4) is 0 Å². The van der Waals surface area contributed by atoms with Gasteiger partial charge in [-0.3, -0.25) is 9.69 Å². The van der Waals surface area contributed by atoms with E-state index in [1.165, 1.54) is 31.5 Å². The molecule has 160 valence electrons. The summed E-state index contributed by atoms with van der Waals surface area (Å²) >= 11 is 0. The number of nitrogens with one attached hydrogen (secondary N) is 1. The van der Waals surface area contributed by atoms with Gasteiger partial charge in [0.05, 0.1) is 6.04 Å². The number of ether oxygens (including phenoxy) is 1. The summed E-state index contributed by atoms with van der Waals surface area (Å²) in [6, 6.07) is 8.15. The van der Waals surface area contributed by atoms with Gasteiger partial charge in [-0.25, -0.2) is 0 Å². The Hall–Kier alpha value is -0.850. The van der Waals surface area contributed by atoms with Crippen LogP contribution >= 0.6 is 24.8 Å². The molecule has 5 nitrogen and oxygen atoms in total. The molecule has 0 radical (unpaired) electrons. The normalized spacial score (nSPS) is 19.9. The first-order chi connectivity index (χ1) is 12.6. The Kier molecular flexibility index (Phi) is 11.4. The average Bonchev–Trinajstić information content (AvgIpc) is 2.69. The molecule has 0 saturated carbocycles. The van der Waals surface area contributed by atoms with E-state index in [0.717, 1.165) is 30.9 Å². The highest BCUT2D eigenvalue weighted by atomic mass is 35.5. The van der Waals surface area contributed by atoms with Crippen LogP contribution in [-0.2, 0) is 22.6 Å². The van der Waals surface area contributed by atoms with Gasteiger partial charge in [0.2, 0.25) is 5.91 Å². The Bertz CT molecular complexity index is 572. The van der Waals surface area contributed by atoms with Crippen molar-refractivity contribution in [3.63, 3.8) is 0 Å². The van der Waals surface area contributed by atoms with Crippen molar-refractivity contribution < 1.29 is 9.53 Å². The Balaban J connectivity index is 0.00000196. The molecule has 3 rings (SSSR count). The van der Waals surface area contributed by atoms with Crippen LogP contribution in [0.2, 0.25) is 0 Å². The number of likely N-dealkylation sites (tertiary alicyclic amines) is 1. The number of carbonyl (C=O) groups excluding carboxylic acids is 1. The first-order valence-corrected chi connectivity index (χ1v) is 10.0. The van der Waals surface area contributed by atoms with Crippen LogP contribution in [0, 0.1) is 11.8 Å². The van der Waals surface area contributed by atoms with E-state index in [4.69, 9.17) is 10.5 Å². The van der Waals surface area contributed by atoms with E-state index < -0.39 is 6.04 Å². The van der Waals surface area contributed by atoms with E-state index in [9.17, 15) is 4.79 Å². The molecule has 2 heterocycles. The highest BCUT2D eigenvalue weighted by Crippen LogP contribution is 2.19. The second-order valence-corrected chi connectivity index (χ2v) is 7.97. The zero-order valence-electron chi connectivity index (χ0n) is 16.8. The van der Waals surface area contributed by atoms with Gasteiger partial charge in [0.15, 0.2) is 0 Å². The lowest BCUT2D eigenvalue weighted by Crippen LogP contribution is -2.46. The van der Waals surface area contributed by atoms with E-state index in [1.807, 2.05) is 0 Å². The minimum atomic E-state index is -0.431. The van der Waals surface area contributed by atoms with Crippen molar-refractivity contribution in [3.8, 4) is 0 Å². The second-order valence-electron chi connectivity index (χ2n) is 7.97. The molecule has 1 aromatic rings. The summed E-state index contributed by atoms with van der Waals surface area (Å²) in [6.07, 6.45) is 4.35. The molecule has 2 fully saturated rings. The molecule has 3 N–H and O–H groups in total. The van der Waals surface area contributed by atoms with Crippen LogP contribution < -0.4 is 11.1 Å². The molecule has 1 atom stereocenters. The van der Waals surface area contributed by atoms with E-state index in [1.54, 1.807) is 0 Å². The molecule has 0 spiro atoms. The highest BCUT2D eigenvalue weighted by molar-refractivity contribution is 5.85. The van der Waals surface area contributed by atoms with Crippen molar-refractivity contribution in [2.45, 2.75) is 51.7 Å². The number of halogens is 2. The molecule has 7 heteroatoms. The Morgan fingerprint density at radius 1 is 1.11 bits per heavy atom. The molecule has 1 aromatic carbocycles. The predicted octanol–water partition coefficient (Wildman–Crippen LogP) is 3.13. The van der Waals surface area contributed by atoms with Gasteiger partial charge >= 0.3 is 0 Å². The van der Waals surface area contributed by atoms with Gasteiger partial charge in [0.1, 0.15) is 0 Å². The van der Waals surface area contributed by atoms with Gasteiger partial charge in [-0.05, 0) is 61.7 Å². The summed E-state index contributed by atoms with van der Waals surface area (Å²) < 4.78 is 5.34. The summed E-state index contributed by atoms with van der Waals surface area (Å²) in [6.45, 7) is 7.72. The number of amides is 1. The van der Waals surface area contributed by atoms with E-state index in [2.05, 4.69) is 41.4 Å². The monoisotopic (exact) mass is 431 g/mol. The Morgan fingerprint density at radius 2 is 1.68 bits per heavy atom. The number of nitrogens with two attached hydrogens (primary N) is 1. The fourth-order valence-corrected chi connectivity index (χ4v) is 3.84. The zero-order valence-corrected chi connectivity index (χ0v) is 18.4. The molecular formula is C21H35Cl2N3O2. The summed E-state index contributed by atoms with van der Waals surface area (Å²) in [7, 11) is 0. The van der Waals surface area contributed by atoms with Crippen molar-refractivity contribution >= 4 is 30.7 Å². The lowest BCUT2D eigenvalue weighted by atomic mass is 9.92. The minimum Gasteiger partial charge on any atom is -0.381 e. The van der Waals surface area contributed by atoms with Crippen LogP contribution in [0.1, 0.15) is 43.7 Å². The molecule has 2 aliphatic heterocycles. The SMILES string of the molecule is CC1CCN(Cc2ccc(CNC(=O)C(N)C3CCOCC3)cc2)CC1.Cl.Cl. The van der Waals surface area contributed by atoms with Gasteiger partial charge in [-0.15, -0.1) is 24.8 Å². The summed E-state index contributed by atoms with van der Waals surface area (Å²) in [5.41, 5.74) is 8.58. The first kappa shape index (κ1) is 25.2. The molecule has 1 amide bonds. The summed E-state index contributed by atoms with van der Waals surface area (Å²) in [5.74, 6) is 1.05. The van der Waals surface area contributed by atoms with Gasteiger partial charge in [-0.1, -0.05) is 31.2 Å². The number of piperidine rings is 1. The Labute approximate surface area is 181 Å². The topological polar surface area (TPSA) is 67.6 Å². The van der Waals surface area contributed by atoms with E-state index >= 15 is 0 Å². The smallest absolute Gasteiger partial charge is 0.237 e. The quantitative estimate of drug-likeness (QED) is 0.725. The largest absolute Gasteiger partial charge is 0.381 e. The van der Waals surface area contributed by atoms with Crippen LogP contribution in [-0.4, -0.2) is 43.2 Å². The number of rotatable bonds is 6. The van der Waals surface area contributed by atoms with Crippen LogP contribution in [0.5, 0.6) is 0 Å². The third kappa shape index (κ3) is 7.53. The third-order valence-electron chi connectivity index (χ3n) is 5.85. The Morgan fingerprint density at radius 3 is 2.29 bits per heavy atom. The molecule has 0 aliphatic carbocycles. The number of hydrogen-bond acceptors (Lipinski definition) is 4. The molecule has 0 aromatic heterocycles. The fraction of sp³-hybridized carbons (Fsp3) is 0.667. The maximum Gasteiger partial charge on any atom is 0.237 e. The molecule has 2 saturated heterocycles. The second kappa shape index (κ2) is 12.7. The number of carbonyl (C=O) groups is 1. The number of benzene rings is 1. The number of hydrogen-bond donors (Lipinski definition) is 2. The van der Waals surface area contributed by atoms with Gasteiger partial charge < -0.3 is 15.8 Å². The van der Waals surface area contributed by atoms with E-state index in [-0.39, 0.29) is 36.6 Å². The standard InChI is InChI=1S/C21H33N3O2.2ClH/c1-16-6-10-24(11-7-16)15-18-4-2-17(3-5-18)14-23-21(25)20(22)19-8-12-26-13-9-19;;/h2-5,16,19-20H,6-15,22H2,1H3,(H,23,25);2*1H. The zero-order chi connectivity index (χ0) is 18.4. The highest BCUT2D eigenvalue weighted by Gasteiger charge is 2.26. The summed E-state index contributed by atoms with van der Waals surface area (Å²) in [4.78, 5) is 14.8. The van der Waals surface area contributed by atoms with Crippen LogP contribution in [0.4, 0.5) is 0 Å².